The van der Waals surface area contributed by atoms with E-state index >= 15 is 0 Å². The molecule has 0 amide bonds. The first kappa shape index (κ1) is 13.8. The third-order valence-corrected chi connectivity index (χ3v) is 3.36. The van der Waals surface area contributed by atoms with Gasteiger partial charge in [0.15, 0.2) is 5.82 Å². The maximum atomic E-state index is 12.4. The number of rotatable bonds is 3. The summed E-state index contributed by atoms with van der Waals surface area (Å²) in [5.74, 6) is 0.551. The Bertz CT molecular complexity index is 916. The predicted molar refractivity (Wildman–Crippen MR) is 87.8 cm³/mol. The fourth-order valence-corrected chi connectivity index (χ4v) is 2.30. The van der Waals surface area contributed by atoms with Crippen molar-refractivity contribution in [2.24, 2.45) is 17.8 Å². The lowest BCUT2D eigenvalue weighted by molar-refractivity contribution is 0.844. The van der Waals surface area contributed by atoms with E-state index in [4.69, 9.17) is 5.73 Å². The van der Waals surface area contributed by atoms with Crippen LogP contribution in [-0.4, -0.2) is 20.3 Å². The van der Waals surface area contributed by atoms with Crippen molar-refractivity contribution in [2.45, 2.75) is 0 Å². The van der Waals surface area contributed by atoms with Gasteiger partial charge in [0.25, 0.3) is 0 Å². The Morgan fingerprint density at radius 1 is 1.18 bits per heavy atom. The van der Waals surface area contributed by atoms with Gasteiger partial charge in [-0.1, -0.05) is 12.1 Å². The molecule has 0 aliphatic carbocycles. The smallest absolute Gasteiger partial charge is 0.333 e. The van der Waals surface area contributed by atoms with Crippen LogP contribution in [0.5, 0.6) is 0 Å². The van der Waals surface area contributed by atoms with E-state index in [2.05, 4.69) is 9.98 Å². The number of nitrogens with two attached hydrogens (primary N) is 1. The first-order valence-electron chi connectivity index (χ1n) is 6.76. The molecule has 6 nitrogen and oxygen atoms in total. The highest BCUT2D eigenvalue weighted by Gasteiger charge is 2.11. The van der Waals surface area contributed by atoms with Gasteiger partial charge in [-0.15, -0.1) is 0 Å². The summed E-state index contributed by atoms with van der Waals surface area (Å²) < 4.78 is 3.25. The fourth-order valence-electron chi connectivity index (χ4n) is 2.30. The van der Waals surface area contributed by atoms with Gasteiger partial charge in [-0.2, -0.15) is 0 Å². The molecule has 1 aromatic carbocycles. The molecule has 0 radical (unpaired) electrons. The van der Waals surface area contributed by atoms with Gasteiger partial charge in [0.2, 0.25) is 0 Å². The van der Waals surface area contributed by atoms with Crippen LogP contribution >= 0.6 is 0 Å². The lowest BCUT2D eigenvalue weighted by atomic mass is 10.3. The highest BCUT2D eigenvalue weighted by Crippen LogP contribution is 2.17. The van der Waals surface area contributed by atoms with Crippen LogP contribution in [0.25, 0.3) is 16.7 Å². The van der Waals surface area contributed by atoms with Gasteiger partial charge >= 0.3 is 5.69 Å². The number of para-hydroxylation sites is 2. The number of imidazole rings is 1. The number of hydrogen-bond donors (Lipinski definition) is 1. The highest BCUT2D eigenvalue weighted by molar-refractivity contribution is 5.78. The minimum Gasteiger partial charge on any atom is -0.405 e. The van der Waals surface area contributed by atoms with Crippen molar-refractivity contribution in [3.05, 3.63) is 65.4 Å². The number of pyridine rings is 1. The Labute approximate surface area is 126 Å². The Balaban J connectivity index is 2.09. The minimum atomic E-state index is -0.106. The van der Waals surface area contributed by atoms with Crippen molar-refractivity contribution in [2.75, 3.05) is 0 Å². The predicted octanol–water partition coefficient (Wildman–Crippen LogP) is 1.90. The second-order valence-electron chi connectivity index (χ2n) is 4.70. The lowest BCUT2D eigenvalue weighted by Crippen LogP contribution is -2.20. The Hall–Kier alpha value is -3.15. The molecule has 110 valence electrons. The Kier molecular flexibility index (Phi) is 3.57. The molecule has 0 aliphatic rings. The molecular formula is C16H15N5O. The van der Waals surface area contributed by atoms with Crippen molar-refractivity contribution < 1.29 is 0 Å². The summed E-state index contributed by atoms with van der Waals surface area (Å²) in [5, 5.41) is 0. The number of aromatic nitrogens is 3. The molecular weight excluding hydrogens is 278 g/mol. The van der Waals surface area contributed by atoms with Crippen LogP contribution in [0.4, 0.5) is 5.82 Å². The van der Waals surface area contributed by atoms with Gasteiger partial charge in [-0.25, -0.2) is 14.8 Å². The van der Waals surface area contributed by atoms with Gasteiger partial charge in [-0.3, -0.25) is 9.13 Å². The second-order valence-corrected chi connectivity index (χ2v) is 4.70. The summed E-state index contributed by atoms with van der Waals surface area (Å²) in [7, 11) is 1.76. The first-order chi connectivity index (χ1) is 10.7. The molecule has 22 heavy (non-hydrogen) atoms. The third-order valence-electron chi connectivity index (χ3n) is 3.36. The Morgan fingerprint density at radius 2 is 1.95 bits per heavy atom. The lowest BCUT2D eigenvalue weighted by Gasteiger charge is -2.02. The van der Waals surface area contributed by atoms with Crippen molar-refractivity contribution in [3.8, 4) is 5.69 Å². The molecule has 0 fully saturated rings. The topological polar surface area (TPSA) is 78.2 Å². The molecule has 0 saturated heterocycles. The summed E-state index contributed by atoms with van der Waals surface area (Å²) in [5.41, 5.74) is 7.55. The van der Waals surface area contributed by atoms with Crippen LogP contribution in [0.3, 0.4) is 0 Å². The van der Waals surface area contributed by atoms with E-state index < -0.39 is 0 Å². The van der Waals surface area contributed by atoms with Gasteiger partial charge in [0.05, 0.1) is 22.9 Å². The maximum Gasteiger partial charge on any atom is 0.333 e. The summed E-state index contributed by atoms with van der Waals surface area (Å²) in [6, 6.07) is 11.2. The largest absolute Gasteiger partial charge is 0.405 e. The number of fused-ring (bicyclic) bond motifs is 1. The van der Waals surface area contributed by atoms with E-state index in [1.807, 2.05) is 30.3 Å². The molecule has 0 spiro atoms. The molecule has 3 aromatic rings. The third kappa shape index (κ3) is 2.31. The number of allylic oxidation sites excluding steroid dienone is 1. The van der Waals surface area contributed by atoms with Crippen molar-refractivity contribution in [1.82, 2.24) is 14.1 Å². The van der Waals surface area contributed by atoms with E-state index in [0.29, 0.717) is 11.5 Å². The maximum absolute atomic E-state index is 12.4. The highest BCUT2D eigenvalue weighted by atomic mass is 16.1. The van der Waals surface area contributed by atoms with Crippen LogP contribution in [0.15, 0.2) is 64.7 Å². The number of aryl methyl sites for hydroxylation is 1. The molecule has 0 atom stereocenters. The number of nitrogens with zero attached hydrogens (tertiary/aromatic N) is 4. The summed E-state index contributed by atoms with van der Waals surface area (Å²) >= 11 is 0. The molecule has 2 heterocycles. The van der Waals surface area contributed by atoms with E-state index in [1.165, 1.54) is 6.20 Å². The number of aliphatic imine (C=N–C) groups is 1. The summed E-state index contributed by atoms with van der Waals surface area (Å²) in [6.45, 7) is 0. The van der Waals surface area contributed by atoms with E-state index in [1.54, 1.807) is 40.7 Å². The zero-order valence-electron chi connectivity index (χ0n) is 12.0. The van der Waals surface area contributed by atoms with Crippen LogP contribution in [-0.2, 0) is 7.05 Å². The van der Waals surface area contributed by atoms with E-state index in [0.717, 1.165) is 11.0 Å². The number of benzene rings is 1. The summed E-state index contributed by atoms with van der Waals surface area (Å²) in [6.07, 6.45) is 6.21. The van der Waals surface area contributed by atoms with E-state index in [-0.39, 0.29) is 5.69 Å². The normalized spacial score (nSPS) is 11.9. The van der Waals surface area contributed by atoms with Gasteiger partial charge in [0.1, 0.15) is 0 Å². The van der Waals surface area contributed by atoms with E-state index in [9.17, 15) is 4.79 Å². The van der Waals surface area contributed by atoms with Crippen molar-refractivity contribution in [1.29, 1.82) is 0 Å². The molecule has 0 unspecified atom stereocenters. The molecule has 0 saturated carbocycles. The minimum absolute atomic E-state index is 0.106. The van der Waals surface area contributed by atoms with Crippen LogP contribution in [0.1, 0.15) is 0 Å². The zero-order valence-corrected chi connectivity index (χ0v) is 12.0. The molecule has 3 rings (SSSR count). The molecule has 6 heteroatoms. The van der Waals surface area contributed by atoms with Crippen LogP contribution < -0.4 is 11.4 Å². The average molecular weight is 293 g/mol. The average Bonchev–Trinajstić information content (AvgIpc) is 2.81. The first-order valence-corrected chi connectivity index (χ1v) is 6.76. The fraction of sp³-hybridized carbons (Fsp3) is 0.0625. The van der Waals surface area contributed by atoms with Gasteiger partial charge in [-0.05, 0) is 36.5 Å². The standard InChI is InChI=1S/C16H15N5O/c1-20-13-5-2-3-6-14(13)21(16(20)22)12-7-8-15(19-11-12)18-10-4-9-17/h2-11H,17H2,1H3. The van der Waals surface area contributed by atoms with Crippen LogP contribution in [0, 0.1) is 0 Å². The SMILES string of the molecule is Cn1c(=O)n(-c2ccc(N=CC=CN)nc2)c2ccccc21. The van der Waals surface area contributed by atoms with Crippen molar-refractivity contribution in [3.63, 3.8) is 0 Å². The van der Waals surface area contributed by atoms with Gasteiger partial charge < -0.3 is 5.73 Å². The molecule has 0 aliphatic heterocycles. The molecule has 0 bridgehead atoms. The number of hydrogen-bond acceptors (Lipinski definition) is 4. The zero-order chi connectivity index (χ0) is 15.5. The Morgan fingerprint density at radius 3 is 2.64 bits per heavy atom. The second kappa shape index (κ2) is 5.69. The molecule has 2 aromatic heterocycles. The monoisotopic (exact) mass is 293 g/mol. The van der Waals surface area contributed by atoms with Crippen LogP contribution in [0.2, 0.25) is 0 Å². The summed E-state index contributed by atoms with van der Waals surface area (Å²) in [4.78, 5) is 20.8. The quantitative estimate of drug-likeness (QED) is 0.749. The van der Waals surface area contributed by atoms with Crippen molar-refractivity contribution >= 4 is 23.1 Å². The van der Waals surface area contributed by atoms with Gasteiger partial charge in [0, 0.05) is 13.3 Å². The molecule has 2 N–H and O–H groups in total.